The van der Waals surface area contributed by atoms with Crippen molar-refractivity contribution in [3.8, 4) is 0 Å². The van der Waals surface area contributed by atoms with E-state index in [0.29, 0.717) is 12.1 Å². The van der Waals surface area contributed by atoms with E-state index < -0.39 is 0 Å². The van der Waals surface area contributed by atoms with Crippen LogP contribution in [0.15, 0.2) is 0 Å². The van der Waals surface area contributed by atoms with E-state index in [2.05, 4.69) is 19.2 Å². The van der Waals surface area contributed by atoms with Gasteiger partial charge in [0.1, 0.15) is 0 Å². The number of hydrogen-bond donors (Lipinski definition) is 1. The van der Waals surface area contributed by atoms with Crippen molar-refractivity contribution in [1.29, 1.82) is 0 Å². The second-order valence-corrected chi connectivity index (χ2v) is 5.57. The van der Waals surface area contributed by atoms with Gasteiger partial charge in [0, 0.05) is 18.7 Å². The third kappa shape index (κ3) is 3.74. The molecule has 1 saturated carbocycles. The lowest BCUT2D eigenvalue weighted by atomic mass is 9.98. The molecule has 94 valence electrons. The number of rotatable bonds is 6. The van der Waals surface area contributed by atoms with Crippen molar-refractivity contribution in [1.82, 2.24) is 5.32 Å². The molecule has 1 N–H and O–H groups in total. The maximum Gasteiger partial charge on any atom is 0.0587 e. The molecule has 0 aromatic heterocycles. The normalized spacial score (nSPS) is 32.6. The third-order valence-electron chi connectivity index (χ3n) is 4.10. The van der Waals surface area contributed by atoms with Crippen LogP contribution in [0.3, 0.4) is 0 Å². The van der Waals surface area contributed by atoms with Gasteiger partial charge in [-0.25, -0.2) is 0 Å². The smallest absolute Gasteiger partial charge is 0.0587 e. The molecule has 1 aliphatic heterocycles. The molecule has 2 rings (SSSR count). The van der Waals surface area contributed by atoms with E-state index in [-0.39, 0.29) is 0 Å². The van der Waals surface area contributed by atoms with E-state index in [1.54, 1.807) is 0 Å². The molecule has 0 radical (unpaired) electrons. The van der Waals surface area contributed by atoms with Gasteiger partial charge in [-0.2, -0.15) is 0 Å². The van der Waals surface area contributed by atoms with Crippen LogP contribution in [0.5, 0.6) is 0 Å². The fourth-order valence-corrected chi connectivity index (χ4v) is 2.76. The van der Waals surface area contributed by atoms with Gasteiger partial charge in [-0.05, 0) is 38.0 Å². The zero-order valence-corrected chi connectivity index (χ0v) is 10.9. The van der Waals surface area contributed by atoms with Gasteiger partial charge in [0.15, 0.2) is 0 Å². The van der Waals surface area contributed by atoms with Crippen molar-refractivity contribution in [3.63, 3.8) is 0 Å². The Morgan fingerprint density at radius 2 is 2.06 bits per heavy atom. The molecule has 16 heavy (non-hydrogen) atoms. The molecule has 0 bridgehead atoms. The quantitative estimate of drug-likeness (QED) is 0.750. The Morgan fingerprint density at radius 3 is 2.69 bits per heavy atom. The van der Waals surface area contributed by atoms with Crippen LogP contribution >= 0.6 is 0 Å². The summed E-state index contributed by atoms with van der Waals surface area (Å²) in [5, 5.41) is 3.86. The van der Waals surface area contributed by atoms with Gasteiger partial charge in [-0.15, -0.1) is 0 Å². The van der Waals surface area contributed by atoms with Gasteiger partial charge in [-0.1, -0.05) is 26.7 Å². The van der Waals surface area contributed by atoms with Crippen molar-refractivity contribution < 1.29 is 4.74 Å². The average molecular weight is 225 g/mol. The zero-order chi connectivity index (χ0) is 11.4. The highest BCUT2D eigenvalue weighted by molar-refractivity contribution is 4.84. The maximum absolute atomic E-state index is 5.73. The van der Waals surface area contributed by atoms with Crippen LogP contribution < -0.4 is 5.32 Å². The largest absolute Gasteiger partial charge is 0.378 e. The molecule has 0 aromatic carbocycles. The Balaban J connectivity index is 1.72. The van der Waals surface area contributed by atoms with Crippen molar-refractivity contribution in [2.75, 3.05) is 6.61 Å². The lowest BCUT2D eigenvalue weighted by Gasteiger charge is -2.32. The fraction of sp³-hybridized carbons (Fsp3) is 1.00. The Labute approximate surface area is 100 Å². The monoisotopic (exact) mass is 225 g/mol. The lowest BCUT2D eigenvalue weighted by molar-refractivity contribution is -0.00230. The van der Waals surface area contributed by atoms with Gasteiger partial charge >= 0.3 is 0 Å². The topological polar surface area (TPSA) is 21.3 Å². The van der Waals surface area contributed by atoms with Crippen LogP contribution in [0.1, 0.15) is 58.8 Å². The Morgan fingerprint density at radius 1 is 1.25 bits per heavy atom. The lowest BCUT2D eigenvalue weighted by Crippen LogP contribution is -2.44. The van der Waals surface area contributed by atoms with Gasteiger partial charge in [-0.3, -0.25) is 0 Å². The number of ether oxygens (including phenoxy) is 1. The van der Waals surface area contributed by atoms with Crippen molar-refractivity contribution in [2.24, 2.45) is 5.92 Å². The Bertz CT molecular complexity index is 203. The van der Waals surface area contributed by atoms with Crippen LogP contribution in [-0.4, -0.2) is 24.8 Å². The molecule has 3 unspecified atom stereocenters. The van der Waals surface area contributed by atoms with Crippen LogP contribution in [0.4, 0.5) is 0 Å². The summed E-state index contributed by atoms with van der Waals surface area (Å²) >= 11 is 0. The summed E-state index contributed by atoms with van der Waals surface area (Å²) in [6.45, 7) is 5.50. The highest BCUT2D eigenvalue weighted by atomic mass is 16.5. The summed E-state index contributed by atoms with van der Waals surface area (Å²) in [7, 11) is 0. The van der Waals surface area contributed by atoms with Crippen molar-refractivity contribution in [2.45, 2.75) is 77.0 Å². The minimum absolute atomic E-state index is 0.504. The van der Waals surface area contributed by atoms with Gasteiger partial charge in [0.05, 0.1) is 6.10 Å². The predicted octanol–water partition coefficient (Wildman–Crippen LogP) is 3.11. The van der Waals surface area contributed by atoms with Crippen molar-refractivity contribution in [3.05, 3.63) is 0 Å². The van der Waals surface area contributed by atoms with Crippen LogP contribution in [0.2, 0.25) is 0 Å². The summed E-state index contributed by atoms with van der Waals surface area (Å²) in [4.78, 5) is 0. The molecule has 2 nitrogen and oxygen atoms in total. The first-order valence-corrected chi connectivity index (χ1v) is 7.19. The van der Waals surface area contributed by atoms with Gasteiger partial charge in [0.2, 0.25) is 0 Å². The molecule has 0 aromatic rings. The molecular weight excluding hydrogens is 198 g/mol. The molecule has 2 fully saturated rings. The summed E-state index contributed by atoms with van der Waals surface area (Å²) in [6.07, 6.45) is 9.74. The van der Waals surface area contributed by atoms with Crippen LogP contribution in [0, 0.1) is 5.92 Å². The van der Waals surface area contributed by atoms with Crippen molar-refractivity contribution >= 4 is 0 Å². The van der Waals surface area contributed by atoms with E-state index in [9.17, 15) is 0 Å². The molecule has 0 amide bonds. The standard InChI is InChI=1S/C14H27NO/c1-3-12(9-11-5-6-11)15-13-7-8-16-14(4-2)10-13/h11-15H,3-10H2,1-2H3. The first-order valence-electron chi connectivity index (χ1n) is 7.19. The highest BCUT2D eigenvalue weighted by Crippen LogP contribution is 2.34. The summed E-state index contributed by atoms with van der Waals surface area (Å²) in [6, 6.07) is 1.47. The molecule has 2 heteroatoms. The highest BCUT2D eigenvalue weighted by Gasteiger charge is 2.27. The fourth-order valence-electron chi connectivity index (χ4n) is 2.76. The minimum Gasteiger partial charge on any atom is -0.378 e. The molecule has 1 aliphatic carbocycles. The summed E-state index contributed by atoms with van der Waals surface area (Å²) in [5.74, 6) is 1.04. The van der Waals surface area contributed by atoms with E-state index in [0.717, 1.165) is 25.0 Å². The molecule has 1 saturated heterocycles. The van der Waals surface area contributed by atoms with Crippen LogP contribution in [0.25, 0.3) is 0 Å². The van der Waals surface area contributed by atoms with E-state index >= 15 is 0 Å². The van der Waals surface area contributed by atoms with Crippen LogP contribution in [-0.2, 0) is 4.74 Å². The maximum atomic E-state index is 5.73. The van der Waals surface area contributed by atoms with Gasteiger partial charge < -0.3 is 10.1 Å². The van der Waals surface area contributed by atoms with Gasteiger partial charge in [0.25, 0.3) is 0 Å². The Hall–Kier alpha value is -0.0800. The number of hydrogen-bond acceptors (Lipinski definition) is 2. The molecule has 2 aliphatic rings. The first-order chi connectivity index (χ1) is 7.81. The summed E-state index contributed by atoms with van der Waals surface area (Å²) < 4.78 is 5.73. The molecular formula is C14H27NO. The molecule has 3 atom stereocenters. The average Bonchev–Trinajstić information content (AvgIpc) is 3.12. The minimum atomic E-state index is 0.504. The van der Waals surface area contributed by atoms with E-state index in [1.807, 2.05) is 0 Å². The SMILES string of the molecule is CCC(CC1CC1)NC1CCOC(CC)C1. The van der Waals surface area contributed by atoms with E-state index in [4.69, 9.17) is 4.74 Å². The first kappa shape index (κ1) is 12.4. The third-order valence-corrected chi connectivity index (χ3v) is 4.10. The molecule has 1 heterocycles. The predicted molar refractivity (Wildman–Crippen MR) is 67.6 cm³/mol. The second-order valence-electron chi connectivity index (χ2n) is 5.57. The zero-order valence-electron chi connectivity index (χ0n) is 10.9. The van der Waals surface area contributed by atoms with E-state index in [1.165, 1.54) is 38.5 Å². The Kier molecular flexibility index (Phi) is 4.66. The summed E-state index contributed by atoms with van der Waals surface area (Å²) in [5.41, 5.74) is 0. The number of nitrogens with one attached hydrogen (secondary N) is 1. The second kappa shape index (κ2) is 6.02. The molecule has 0 spiro atoms.